The maximum atomic E-state index is 13.2. The normalized spacial score (nSPS) is 10.8. The molecule has 0 unspecified atom stereocenters. The van der Waals surface area contributed by atoms with Gasteiger partial charge >= 0.3 is 5.97 Å². The Morgan fingerprint density at radius 3 is 2.64 bits per heavy atom. The summed E-state index contributed by atoms with van der Waals surface area (Å²) in [6.07, 6.45) is 0. The summed E-state index contributed by atoms with van der Waals surface area (Å²) in [4.78, 5) is 17.2. The molecule has 0 aliphatic heterocycles. The lowest BCUT2D eigenvalue weighted by Crippen LogP contribution is -2.05. The van der Waals surface area contributed by atoms with Crippen LogP contribution in [-0.4, -0.2) is 24.8 Å². The molecule has 0 aliphatic carbocycles. The van der Waals surface area contributed by atoms with Crippen LogP contribution >= 0.6 is 0 Å². The molecule has 0 aliphatic rings. The van der Waals surface area contributed by atoms with E-state index in [1.807, 2.05) is 0 Å². The topological polar surface area (TPSA) is 80.9 Å². The third-order valence-electron chi connectivity index (χ3n) is 3.60. The molecule has 1 heterocycles. The molecule has 0 radical (unpaired) electrons. The van der Waals surface area contributed by atoms with E-state index in [4.69, 9.17) is 14.0 Å². The van der Waals surface area contributed by atoms with Crippen LogP contribution in [0.2, 0.25) is 0 Å². The van der Waals surface area contributed by atoms with Gasteiger partial charge in [-0.2, -0.15) is 0 Å². The van der Waals surface area contributed by atoms with Gasteiger partial charge in [0.25, 0.3) is 0 Å². The van der Waals surface area contributed by atoms with Gasteiger partial charge in [-0.3, -0.25) is 10.3 Å². The number of carbonyl (C=O) groups is 1. The molecule has 130 valence electrons. The summed E-state index contributed by atoms with van der Waals surface area (Å²) in [5.74, 6) is -0.872. The van der Waals surface area contributed by atoms with Crippen molar-refractivity contribution < 1.29 is 28.3 Å². The van der Waals surface area contributed by atoms with E-state index in [0.29, 0.717) is 16.5 Å². The number of aromatic hydroxyl groups is 1. The summed E-state index contributed by atoms with van der Waals surface area (Å²) in [5, 5.41) is 10.5. The SMILES string of the molecule is CCOC(=O)c1c(-c2ccc(F)cc2)oc2cc(NOC)c(O)cc12. The van der Waals surface area contributed by atoms with Gasteiger partial charge in [0.1, 0.15) is 34.2 Å². The van der Waals surface area contributed by atoms with Crippen LogP contribution < -0.4 is 5.48 Å². The molecule has 6 nitrogen and oxygen atoms in total. The highest BCUT2D eigenvalue weighted by Gasteiger charge is 2.24. The van der Waals surface area contributed by atoms with Crippen molar-refractivity contribution in [1.29, 1.82) is 0 Å². The van der Waals surface area contributed by atoms with Gasteiger partial charge in [-0.15, -0.1) is 0 Å². The van der Waals surface area contributed by atoms with Crippen molar-refractivity contribution in [2.45, 2.75) is 6.92 Å². The molecular formula is C18H16FNO5. The number of carbonyl (C=O) groups excluding carboxylic acids is 1. The minimum atomic E-state index is -0.590. The maximum Gasteiger partial charge on any atom is 0.342 e. The molecule has 0 spiro atoms. The Morgan fingerprint density at radius 2 is 2.00 bits per heavy atom. The number of anilines is 1. The second kappa shape index (κ2) is 6.82. The Hall–Kier alpha value is -3.06. The lowest BCUT2D eigenvalue weighted by atomic mass is 10.0. The first-order valence-electron chi connectivity index (χ1n) is 7.56. The molecule has 2 aromatic carbocycles. The molecular weight excluding hydrogens is 329 g/mol. The highest BCUT2D eigenvalue weighted by Crippen LogP contribution is 2.39. The molecule has 0 amide bonds. The van der Waals surface area contributed by atoms with E-state index < -0.39 is 11.8 Å². The average Bonchev–Trinajstić information content (AvgIpc) is 2.94. The van der Waals surface area contributed by atoms with Crippen molar-refractivity contribution in [2.24, 2.45) is 0 Å². The summed E-state index contributed by atoms with van der Waals surface area (Å²) < 4.78 is 24.1. The monoisotopic (exact) mass is 345 g/mol. The van der Waals surface area contributed by atoms with E-state index in [-0.39, 0.29) is 29.4 Å². The predicted molar refractivity (Wildman–Crippen MR) is 89.9 cm³/mol. The van der Waals surface area contributed by atoms with Crippen molar-refractivity contribution in [3.63, 3.8) is 0 Å². The maximum absolute atomic E-state index is 13.2. The first kappa shape index (κ1) is 16.8. The van der Waals surface area contributed by atoms with E-state index in [9.17, 15) is 14.3 Å². The van der Waals surface area contributed by atoms with Crippen LogP contribution in [-0.2, 0) is 9.57 Å². The lowest BCUT2D eigenvalue weighted by molar-refractivity contribution is 0.0529. The smallest absolute Gasteiger partial charge is 0.342 e. The van der Waals surface area contributed by atoms with Gasteiger partial charge in [-0.25, -0.2) is 9.18 Å². The highest BCUT2D eigenvalue weighted by molar-refractivity contribution is 6.09. The van der Waals surface area contributed by atoms with Crippen molar-refractivity contribution in [1.82, 2.24) is 0 Å². The lowest BCUT2D eigenvalue weighted by Gasteiger charge is -2.06. The zero-order valence-electron chi connectivity index (χ0n) is 13.6. The van der Waals surface area contributed by atoms with Crippen LogP contribution in [0.25, 0.3) is 22.3 Å². The van der Waals surface area contributed by atoms with Crippen molar-refractivity contribution >= 4 is 22.6 Å². The largest absolute Gasteiger partial charge is 0.506 e. The third kappa shape index (κ3) is 3.14. The number of hydrogen-bond donors (Lipinski definition) is 2. The zero-order chi connectivity index (χ0) is 18.0. The number of rotatable bonds is 5. The number of phenolic OH excluding ortho intramolecular Hbond substituents is 1. The van der Waals surface area contributed by atoms with Gasteiger partial charge in [0.2, 0.25) is 0 Å². The Labute approximate surface area is 142 Å². The van der Waals surface area contributed by atoms with Gasteiger partial charge in [0.05, 0.1) is 13.7 Å². The number of phenols is 1. The minimum absolute atomic E-state index is 0.119. The van der Waals surface area contributed by atoms with E-state index in [1.54, 1.807) is 6.92 Å². The molecule has 3 aromatic rings. The number of hydrogen-bond acceptors (Lipinski definition) is 6. The van der Waals surface area contributed by atoms with Gasteiger partial charge < -0.3 is 14.3 Å². The Bertz CT molecular complexity index is 917. The fourth-order valence-corrected chi connectivity index (χ4v) is 2.53. The van der Waals surface area contributed by atoms with Crippen molar-refractivity contribution in [2.75, 3.05) is 19.2 Å². The summed E-state index contributed by atoms with van der Waals surface area (Å²) in [6.45, 7) is 1.87. The van der Waals surface area contributed by atoms with E-state index in [1.165, 1.54) is 43.5 Å². The minimum Gasteiger partial charge on any atom is -0.506 e. The standard InChI is InChI=1S/C18H16FNO5/c1-3-24-18(22)16-12-8-14(21)13(20-23-2)9-15(12)25-17(16)10-4-6-11(19)7-5-10/h4-9,20-21H,3H2,1-2H3. The number of furan rings is 1. The molecule has 0 saturated heterocycles. The molecule has 7 heteroatoms. The fraction of sp³-hybridized carbons (Fsp3) is 0.167. The molecule has 0 fully saturated rings. The average molecular weight is 345 g/mol. The van der Waals surface area contributed by atoms with E-state index in [0.717, 1.165) is 0 Å². The summed E-state index contributed by atoms with van der Waals surface area (Å²) in [6, 6.07) is 8.44. The Kier molecular flexibility index (Phi) is 4.58. The summed E-state index contributed by atoms with van der Waals surface area (Å²) in [7, 11) is 1.40. The van der Waals surface area contributed by atoms with Gasteiger partial charge in [-0.1, -0.05) is 0 Å². The molecule has 0 saturated carbocycles. The number of fused-ring (bicyclic) bond motifs is 1. The van der Waals surface area contributed by atoms with Crippen LogP contribution in [0.5, 0.6) is 5.75 Å². The summed E-state index contributed by atoms with van der Waals surface area (Å²) >= 11 is 0. The van der Waals surface area contributed by atoms with Crippen LogP contribution in [0.15, 0.2) is 40.8 Å². The fourth-order valence-electron chi connectivity index (χ4n) is 2.53. The van der Waals surface area contributed by atoms with Crippen LogP contribution in [0.3, 0.4) is 0 Å². The predicted octanol–water partition coefficient (Wildman–Crippen LogP) is 4.09. The second-order valence-electron chi connectivity index (χ2n) is 5.21. The first-order valence-corrected chi connectivity index (χ1v) is 7.56. The molecule has 1 aromatic heterocycles. The molecule has 25 heavy (non-hydrogen) atoms. The van der Waals surface area contributed by atoms with Crippen molar-refractivity contribution in [3.05, 3.63) is 47.8 Å². The first-order chi connectivity index (χ1) is 12.0. The number of nitrogens with one attached hydrogen (secondary N) is 1. The molecule has 0 atom stereocenters. The van der Waals surface area contributed by atoms with Gasteiger partial charge in [0.15, 0.2) is 0 Å². The van der Waals surface area contributed by atoms with Crippen LogP contribution in [0.1, 0.15) is 17.3 Å². The zero-order valence-corrected chi connectivity index (χ0v) is 13.6. The number of benzene rings is 2. The quantitative estimate of drug-likeness (QED) is 0.412. The van der Waals surface area contributed by atoms with Crippen molar-refractivity contribution in [3.8, 4) is 17.1 Å². The molecule has 2 N–H and O–H groups in total. The third-order valence-corrected chi connectivity index (χ3v) is 3.60. The number of ether oxygens (including phenoxy) is 1. The Morgan fingerprint density at radius 1 is 1.28 bits per heavy atom. The Balaban J connectivity index is 2.25. The van der Waals surface area contributed by atoms with E-state index in [2.05, 4.69) is 5.48 Å². The molecule has 3 rings (SSSR count). The second-order valence-corrected chi connectivity index (χ2v) is 5.21. The van der Waals surface area contributed by atoms with E-state index >= 15 is 0 Å². The number of halogens is 1. The van der Waals surface area contributed by atoms with Crippen LogP contribution in [0.4, 0.5) is 10.1 Å². The summed E-state index contributed by atoms with van der Waals surface area (Å²) in [5.41, 5.74) is 3.84. The molecule has 0 bridgehead atoms. The van der Waals surface area contributed by atoms with Gasteiger partial charge in [-0.05, 0) is 37.3 Å². The van der Waals surface area contributed by atoms with Gasteiger partial charge in [0, 0.05) is 17.0 Å². The highest BCUT2D eigenvalue weighted by atomic mass is 19.1. The van der Waals surface area contributed by atoms with Crippen LogP contribution in [0, 0.1) is 5.82 Å². The number of esters is 1.